The second-order valence-electron chi connectivity index (χ2n) is 5.00. The zero-order chi connectivity index (χ0) is 17.9. The predicted molar refractivity (Wildman–Crippen MR) is 83.3 cm³/mol. The molecule has 2 aromatic rings. The lowest BCUT2D eigenvalue weighted by molar-refractivity contribution is -0.385. The van der Waals surface area contributed by atoms with Gasteiger partial charge >= 0.3 is 5.69 Å². The van der Waals surface area contributed by atoms with Crippen molar-refractivity contribution in [3.8, 4) is 0 Å². The second-order valence-corrected chi connectivity index (χ2v) is 5.00. The maximum atomic E-state index is 12.0. The zero-order valence-electron chi connectivity index (χ0n) is 13.2. The van der Waals surface area contributed by atoms with Crippen LogP contribution in [0.25, 0.3) is 0 Å². The smallest absolute Gasteiger partial charge is 0.309 e. The largest absolute Gasteiger partial charge is 0.364 e. The van der Waals surface area contributed by atoms with Crippen LogP contribution in [0.1, 0.15) is 29.5 Å². The molecule has 2 amide bonds. The summed E-state index contributed by atoms with van der Waals surface area (Å²) in [6.45, 7) is 4.07. The van der Waals surface area contributed by atoms with E-state index in [1.165, 1.54) is 15.6 Å². The molecule has 2 rings (SSSR count). The monoisotopic (exact) mass is 335 g/mol. The summed E-state index contributed by atoms with van der Waals surface area (Å²) in [6.07, 6.45) is 2.68. The fourth-order valence-corrected chi connectivity index (χ4v) is 2.12. The Morgan fingerprint density at radius 1 is 1.46 bits per heavy atom. The van der Waals surface area contributed by atoms with Crippen LogP contribution in [0.4, 0.5) is 11.4 Å². The van der Waals surface area contributed by atoms with Crippen LogP contribution >= 0.6 is 0 Å². The third-order valence-electron chi connectivity index (χ3n) is 3.42. The number of aryl methyl sites for hydroxylation is 2. The van der Waals surface area contributed by atoms with Gasteiger partial charge in [-0.15, -0.1) is 0 Å². The van der Waals surface area contributed by atoms with Crippen molar-refractivity contribution in [2.45, 2.75) is 33.4 Å². The number of aromatic nitrogens is 4. The molecule has 0 fully saturated rings. The highest BCUT2D eigenvalue weighted by Crippen LogP contribution is 2.17. The van der Waals surface area contributed by atoms with E-state index in [2.05, 4.69) is 15.5 Å². The minimum absolute atomic E-state index is 0.0175. The van der Waals surface area contributed by atoms with Gasteiger partial charge in [-0.2, -0.15) is 10.2 Å². The van der Waals surface area contributed by atoms with E-state index in [4.69, 9.17) is 5.73 Å². The predicted octanol–water partition coefficient (Wildman–Crippen LogP) is 0.444. The molecule has 2 heterocycles. The number of hydrogen-bond donors (Lipinski definition) is 2. The molecule has 2 aromatic heterocycles. The number of primary amides is 1. The summed E-state index contributed by atoms with van der Waals surface area (Å²) in [7, 11) is 0. The Morgan fingerprint density at radius 3 is 2.71 bits per heavy atom. The van der Waals surface area contributed by atoms with Crippen molar-refractivity contribution in [3.05, 3.63) is 33.9 Å². The number of nitrogens with two attached hydrogens (primary N) is 1. The van der Waals surface area contributed by atoms with E-state index in [0.717, 1.165) is 6.20 Å². The highest BCUT2D eigenvalue weighted by Gasteiger charge is 2.18. The molecule has 0 saturated carbocycles. The van der Waals surface area contributed by atoms with E-state index in [9.17, 15) is 19.7 Å². The summed E-state index contributed by atoms with van der Waals surface area (Å²) in [4.78, 5) is 33.6. The second kappa shape index (κ2) is 6.89. The molecule has 0 radical (unpaired) electrons. The van der Waals surface area contributed by atoms with Gasteiger partial charge in [-0.25, -0.2) is 0 Å². The minimum atomic E-state index is -0.740. The standard InChI is InChI=1S/C13H17N7O4/c1-3-18-7-9(12(17-18)13(14)22)16-11(21)4-5-19-8(2)10(6-15-19)20(23)24/h6-7H,3-5H2,1-2H3,(H2,14,22)(H,16,21). The summed E-state index contributed by atoms with van der Waals surface area (Å²) in [5.41, 5.74) is 5.71. The maximum absolute atomic E-state index is 12.0. The summed E-state index contributed by atoms with van der Waals surface area (Å²) in [5.74, 6) is -1.12. The number of nitrogens with zero attached hydrogens (tertiary/aromatic N) is 5. The van der Waals surface area contributed by atoms with Crippen LogP contribution in [0.5, 0.6) is 0 Å². The molecule has 24 heavy (non-hydrogen) atoms. The summed E-state index contributed by atoms with van der Waals surface area (Å²) in [5, 5.41) is 21.2. The van der Waals surface area contributed by atoms with Crippen LogP contribution in [-0.4, -0.2) is 36.3 Å². The van der Waals surface area contributed by atoms with Gasteiger partial charge < -0.3 is 11.1 Å². The first-order valence-electron chi connectivity index (χ1n) is 7.17. The van der Waals surface area contributed by atoms with Crippen LogP contribution in [0.3, 0.4) is 0 Å². The molecule has 0 bridgehead atoms. The molecule has 11 heteroatoms. The molecular weight excluding hydrogens is 318 g/mol. The molecule has 0 aliphatic carbocycles. The number of carbonyl (C=O) groups excluding carboxylic acids is 2. The Bertz CT molecular complexity index is 792. The van der Waals surface area contributed by atoms with E-state index in [1.807, 2.05) is 6.92 Å². The maximum Gasteiger partial charge on any atom is 0.309 e. The Labute approximate surface area is 136 Å². The van der Waals surface area contributed by atoms with Crippen molar-refractivity contribution in [1.82, 2.24) is 19.6 Å². The number of anilines is 1. The highest BCUT2D eigenvalue weighted by atomic mass is 16.6. The number of carbonyl (C=O) groups is 2. The number of rotatable bonds is 7. The lowest BCUT2D eigenvalue weighted by Crippen LogP contribution is -2.19. The zero-order valence-corrected chi connectivity index (χ0v) is 13.2. The number of nitro groups is 1. The van der Waals surface area contributed by atoms with E-state index in [1.54, 1.807) is 6.92 Å². The van der Waals surface area contributed by atoms with Gasteiger partial charge in [-0.1, -0.05) is 0 Å². The molecule has 0 atom stereocenters. The molecule has 3 N–H and O–H groups in total. The van der Waals surface area contributed by atoms with Gasteiger partial charge in [0.1, 0.15) is 11.9 Å². The number of hydrogen-bond acceptors (Lipinski definition) is 6. The average molecular weight is 335 g/mol. The lowest BCUT2D eigenvalue weighted by atomic mass is 10.3. The lowest BCUT2D eigenvalue weighted by Gasteiger charge is -2.05. The quantitative estimate of drug-likeness (QED) is 0.553. The Hall–Kier alpha value is -3.24. The third-order valence-corrected chi connectivity index (χ3v) is 3.42. The first-order chi connectivity index (χ1) is 11.3. The van der Waals surface area contributed by atoms with Crippen molar-refractivity contribution in [2.75, 3.05) is 5.32 Å². The molecule has 0 spiro atoms. The van der Waals surface area contributed by atoms with E-state index in [0.29, 0.717) is 12.2 Å². The average Bonchev–Trinajstić information content (AvgIpc) is 3.08. The fraction of sp³-hybridized carbons (Fsp3) is 0.385. The van der Waals surface area contributed by atoms with Gasteiger partial charge in [0, 0.05) is 19.2 Å². The van der Waals surface area contributed by atoms with Crippen molar-refractivity contribution >= 4 is 23.2 Å². The molecule has 11 nitrogen and oxygen atoms in total. The molecule has 0 aliphatic rings. The first-order valence-corrected chi connectivity index (χ1v) is 7.17. The topological polar surface area (TPSA) is 151 Å². The molecule has 0 aromatic carbocycles. The van der Waals surface area contributed by atoms with Gasteiger partial charge in [0.2, 0.25) is 5.91 Å². The van der Waals surface area contributed by atoms with Crippen LogP contribution in [0.15, 0.2) is 12.4 Å². The Kier molecular flexibility index (Phi) is 4.92. The van der Waals surface area contributed by atoms with Gasteiger partial charge in [0.05, 0.1) is 17.2 Å². The van der Waals surface area contributed by atoms with Crippen molar-refractivity contribution in [1.29, 1.82) is 0 Å². The normalized spacial score (nSPS) is 10.6. The van der Waals surface area contributed by atoms with E-state index >= 15 is 0 Å². The molecular formula is C13H17N7O4. The van der Waals surface area contributed by atoms with E-state index < -0.39 is 10.8 Å². The molecule has 0 unspecified atom stereocenters. The SMILES string of the molecule is CCn1cc(NC(=O)CCn2ncc([N+](=O)[O-])c2C)c(C(N)=O)n1. The Morgan fingerprint density at radius 2 is 2.17 bits per heavy atom. The van der Waals surface area contributed by atoms with Crippen molar-refractivity contribution < 1.29 is 14.5 Å². The van der Waals surface area contributed by atoms with Gasteiger partial charge in [0.15, 0.2) is 5.69 Å². The van der Waals surface area contributed by atoms with E-state index in [-0.39, 0.29) is 35.9 Å². The third kappa shape index (κ3) is 3.56. The van der Waals surface area contributed by atoms with Crippen molar-refractivity contribution in [2.24, 2.45) is 5.73 Å². The first kappa shape index (κ1) is 17.1. The van der Waals surface area contributed by atoms with Crippen molar-refractivity contribution in [3.63, 3.8) is 0 Å². The van der Waals surface area contributed by atoms with Gasteiger partial charge in [0.25, 0.3) is 5.91 Å². The summed E-state index contributed by atoms with van der Waals surface area (Å²) >= 11 is 0. The Balaban J connectivity index is 2.03. The van der Waals surface area contributed by atoms with Crippen LogP contribution in [-0.2, 0) is 17.9 Å². The summed E-state index contributed by atoms with van der Waals surface area (Å²) in [6, 6.07) is 0. The summed E-state index contributed by atoms with van der Waals surface area (Å²) < 4.78 is 2.86. The van der Waals surface area contributed by atoms with Crippen LogP contribution < -0.4 is 11.1 Å². The fourth-order valence-electron chi connectivity index (χ4n) is 2.12. The van der Waals surface area contributed by atoms with Crippen LogP contribution in [0.2, 0.25) is 0 Å². The number of amides is 2. The molecule has 0 aliphatic heterocycles. The minimum Gasteiger partial charge on any atom is -0.364 e. The number of nitrogens with one attached hydrogen (secondary N) is 1. The van der Waals surface area contributed by atoms with Gasteiger partial charge in [-0.05, 0) is 13.8 Å². The van der Waals surface area contributed by atoms with Crippen LogP contribution in [0, 0.1) is 17.0 Å². The van der Waals surface area contributed by atoms with Gasteiger partial charge in [-0.3, -0.25) is 29.1 Å². The molecule has 128 valence electrons. The highest BCUT2D eigenvalue weighted by molar-refractivity contribution is 6.01. The molecule has 0 saturated heterocycles.